The Hall–Kier alpha value is -0.560. The summed E-state index contributed by atoms with van der Waals surface area (Å²) in [7, 11) is 0. The van der Waals surface area contributed by atoms with Crippen molar-refractivity contribution < 1.29 is 18.0 Å². The second-order valence-electron chi connectivity index (χ2n) is 4.73. The molecule has 1 aromatic rings. The highest BCUT2D eigenvalue weighted by Gasteiger charge is 2.41. The molecule has 1 saturated heterocycles. The number of carbonyl (C=O) groups excluding carboxylic acids is 1. The normalized spacial score (nSPS) is 17.4. The van der Waals surface area contributed by atoms with Crippen LogP contribution in [0.3, 0.4) is 0 Å². The zero-order valence-electron chi connectivity index (χ0n) is 10.4. The highest BCUT2D eigenvalue weighted by molar-refractivity contribution is 9.11. The van der Waals surface area contributed by atoms with Crippen LogP contribution in [0.5, 0.6) is 0 Å². The van der Waals surface area contributed by atoms with Crippen molar-refractivity contribution in [2.24, 2.45) is 5.92 Å². The predicted molar refractivity (Wildman–Crippen MR) is 76.5 cm³/mol. The molecule has 7 heteroatoms. The van der Waals surface area contributed by atoms with Crippen molar-refractivity contribution in [1.82, 2.24) is 4.90 Å². The highest BCUT2D eigenvalue weighted by Crippen LogP contribution is 2.34. The van der Waals surface area contributed by atoms with E-state index in [0.29, 0.717) is 10.0 Å². The maximum absolute atomic E-state index is 12.6. The van der Waals surface area contributed by atoms with E-state index in [-0.39, 0.29) is 31.8 Å². The van der Waals surface area contributed by atoms with Gasteiger partial charge in [-0.25, -0.2) is 0 Å². The third-order valence-corrected chi connectivity index (χ3v) is 4.56. The number of carbonyl (C=O) groups is 1. The maximum atomic E-state index is 12.6. The van der Waals surface area contributed by atoms with Gasteiger partial charge in [0.05, 0.1) is 11.5 Å². The molecule has 1 aliphatic heterocycles. The van der Waals surface area contributed by atoms with Crippen LogP contribution in [0.2, 0.25) is 0 Å². The summed E-state index contributed by atoms with van der Waals surface area (Å²) in [4.78, 5) is 13.8. The summed E-state index contributed by atoms with van der Waals surface area (Å²) in [5.41, 5.74) is 0.471. The molecular formula is C13H12Br2F3NO. The van der Waals surface area contributed by atoms with Gasteiger partial charge >= 0.3 is 6.18 Å². The van der Waals surface area contributed by atoms with Gasteiger partial charge in [0.2, 0.25) is 0 Å². The summed E-state index contributed by atoms with van der Waals surface area (Å²) in [5.74, 6) is -1.52. The molecule has 0 spiro atoms. The monoisotopic (exact) mass is 413 g/mol. The average Bonchev–Trinajstić information content (AvgIpc) is 2.37. The number of amides is 1. The number of rotatable bonds is 1. The van der Waals surface area contributed by atoms with Crippen molar-refractivity contribution in [3.63, 3.8) is 0 Å². The maximum Gasteiger partial charge on any atom is 0.391 e. The van der Waals surface area contributed by atoms with Crippen LogP contribution in [0.15, 0.2) is 27.1 Å². The highest BCUT2D eigenvalue weighted by atomic mass is 79.9. The van der Waals surface area contributed by atoms with Crippen molar-refractivity contribution in [2.75, 3.05) is 13.1 Å². The van der Waals surface area contributed by atoms with Gasteiger partial charge in [-0.1, -0.05) is 15.9 Å². The summed E-state index contributed by atoms with van der Waals surface area (Å²) in [5, 5.41) is 0. The molecule has 110 valence electrons. The lowest BCUT2D eigenvalue weighted by molar-refractivity contribution is -0.183. The van der Waals surface area contributed by atoms with E-state index >= 15 is 0 Å². The molecule has 0 aromatic heterocycles. The molecule has 0 atom stereocenters. The van der Waals surface area contributed by atoms with Crippen LogP contribution in [0.25, 0.3) is 0 Å². The number of benzene rings is 1. The fourth-order valence-corrected chi connectivity index (χ4v) is 3.46. The molecular weight excluding hydrogens is 403 g/mol. The molecule has 0 aliphatic carbocycles. The molecule has 2 nitrogen and oxygen atoms in total. The Labute approximate surface area is 131 Å². The second-order valence-corrected chi connectivity index (χ2v) is 6.50. The first kappa shape index (κ1) is 15.8. The predicted octanol–water partition coefficient (Wildman–Crippen LogP) is 4.63. The van der Waals surface area contributed by atoms with Gasteiger partial charge in [-0.3, -0.25) is 4.79 Å². The molecule has 0 bridgehead atoms. The first-order valence-corrected chi connectivity index (χ1v) is 7.68. The van der Waals surface area contributed by atoms with Crippen molar-refractivity contribution in [3.05, 3.63) is 32.7 Å². The largest absolute Gasteiger partial charge is 0.391 e. The van der Waals surface area contributed by atoms with Gasteiger partial charge in [-0.2, -0.15) is 13.2 Å². The van der Waals surface area contributed by atoms with E-state index in [9.17, 15) is 18.0 Å². The van der Waals surface area contributed by atoms with Gasteiger partial charge in [0.15, 0.2) is 0 Å². The summed E-state index contributed by atoms with van der Waals surface area (Å²) in [6, 6.07) is 5.14. The third kappa shape index (κ3) is 3.55. The summed E-state index contributed by atoms with van der Waals surface area (Å²) in [6.45, 7) is 0.289. The lowest BCUT2D eigenvalue weighted by atomic mass is 9.96. The molecule has 1 aliphatic rings. The Kier molecular flexibility index (Phi) is 4.79. The molecule has 1 fully saturated rings. The number of hydrogen-bond acceptors (Lipinski definition) is 1. The van der Waals surface area contributed by atoms with E-state index < -0.39 is 12.1 Å². The van der Waals surface area contributed by atoms with Crippen molar-refractivity contribution in [1.29, 1.82) is 0 Å². The minimum atomic E-state index is -4.16. The average molecular weight is 415 g/mol. The molecule has 20 heavy (non-hydrogen) atoms. The molecule has 0 N–H and O–H groups in total. The molecule has 1 aromatic carbocycles. The molecule has 2 rings (SSSR count). The Bertz CT molecular complexity index is 511. The van der Waals surface area contributed by atoms with E-state index in [1.165, 1.54) is 4.90 Å². The number of hydrogen-bond donors (Lipinski definition) is 0. The van der Waals surface area contributed by atoms with Crippen molar-refractivity contribution in [3.8, 4) is 0 Å². The fraction of sp³-hybridized carbons (Fsp3) is 0.462. The third-order valence-electron chi connectivity index (χ3n) is 3.41. The number of piperidine rings is 1. The summed E-state index contributed by atoms with van der Waals surface area (Å²) >= 11 is 6.59. The first-order chi connectivity index (χ1) is 9.29. The van der Waals surface area contributed by atoms with Gasteiger partial charge in [0.25, 0.3) is 5.91 Å². The van der Waals surface area contributed by atoms with Crippen molar-refractivity contribution in [2.45, 2.75) is 19.0 Å². The Morgan fingerprint density at radius 1 is 1.20 bits per heavy atom. The summed E-state index contributed by atoms with van der Waals surface area (Å²) in [6.07, 6.45) is -4.21. The zero-order valence-corrected chi connectivity index (χ0v) is 13.6. The second kappa shape index (κ2) is 6.05. The minimum Gasteiger partial charge on any atom is -0.339 e. The van der Waals surface area contributed by atoms with Crippen LogP contribution in [0.1, 0.15) is 23.2 Å². The first-order valence-electron chi connectivity index (χ1n) is 6.10. The van der Waals surface area contributed by atoms with Crippen LogP contribution in [-0.4, -0.2) is 30.1 Å². The van der Waals surface area contributed by atoms with Crippen LogP contribution >= 0.6 is 31.9 Å². The van der Waals surface area contributed by atoms with Gasteiger partial charge in [0, 0.05) is 22.0 Å². The lowest BCUT2D eigenvalue weighted by Gasteiger charge is -2.33. The number of nitrogens with zero attached hydrogens (tertiary/aromatic N) is 1. The quantitative estimate of drug-likeness (QED) is 0.656. The molecule has 0 radical (unpaired) electrons. The van der Waals surface area contributed by atoms with Gasteiger partial charge in [0.1, 0.15) is 0 Å². The lowest BCUT2D eigenvalue weighted by Crippen LogP contribution is -2.42. The topological polar surface area (TPSA) is 20.3 Å². The van der Waals surface area contributed by atoms with E-state index in [2.05, 4.69) is 31.9 Å². The van der Waals surface area contributed by atoms with Crippen LogP contribution in [0.4, 0.5) is 13.2 Å². The van der Waals surface area contributed by atoms with E-state index in [1.54, 1.807) is 18.2 Å². The van der Waals surface area contributed by atoms with Crippen LogP contribution < -0.4 is 0 Å². The molecule has 1 amide bonds. The van der Waals surface area contributed by atoms with E-state index in [4.69, 9.17) is 0 Å². The molecule has 1 heterocycles. The number of likely N-dealkylation sites (tertiary alicyclic amines) is 1. The van der Waals surface area contributed by atoms with E-state index in [0.717, 1.165) is 4.47 Å². The Balaban J connectivity index is 2.05. The standard InChI is InChI=1S/C13H12Br2F3NO/c14-9-1-2-10(11(15)7-9)12(20)19-5-3-8(4-6-19)13(16,17)18/h1-2,7-8H,3-6H2. The smallest absolute Gasteiger partial charge is 0.339 e. The number of halogens is 5. The fourth-order valence-electron chi connectivity index (χ4n) is 2.24. The number of alkyl halides is 3. The SMILES string of the molecule is O=C(c1ccc(Br)cc1Br)N1CCC(C(F)(F)F)CC1. The Morgan fingerprint density at radius 3 is 2.30 bits per heavy atom. The summed E-state index contributed by atoms with van der Waals surface area (Å²) < 4.78 is 39.2. The molecule has 0 saturated carbocycles. The van der Waals surface area contributed by atoms with Crippen LogP contribution in [-0.2, 0) is 0 Å². The van der Waals surface area contributed by atoms with E-state index in [1.807, 2.05) is 0 Å². The van der Waals surface area contributed by atoms with Gasteiger partial charge < -0.3 is 4.90 Å². The minimum absolute atomic E-state index is 0.0244. The van der Waals surface area contributed by atoms with Gasteiger partial charge in [-0.05, 0) is 47.0 Å². The Morgan fingerprint density at radius 2 is 1.80 bits per heavy atom. The zero-order chi connectivity index (χ0) is 14.9. The van der Waals surface area contributed by atoms with Crippen LogP contribution in [0, 0.1) is 5.92 Å². The molecule has 0 unspecified atom stereocenters. The van der Waals surface area contributed by atoms with Crippen molar-refractivity contribution >= 4 is 37.8 Å². The van der Waals surface area contributed by atoms with Gasteiger partial charge in [-0.15, -0.1) is 0 Å².